The highest BCUT2D eigenvalue weighted by Gasteiger charge is 2.23. The van der Waals surface area contributed by atoms with Gasteiger partial charge in [0, 0.05) is 22.0 Å². The molecule has 0 bridgehead atoms. The number of unbranched alkanes of at least 4 members (excludes halogenated alkanes) is 1. The average molecular weight is 506 g/mol. The van der Waals surface area contributed by atoms with Crippen molar-refractivity contribution in [2.24, 2.45) is 0 Å². The summed E-state index contributed by atoms with van der Waals surface area (Å²) in [6.07, 6.45) is 3.93. The van der Waals surface area contributed by atoms with Gasteiger partial charge in [-0.3, -0.25) is 4.79 Å². The van der Waals surface area contributed by atoms with Gasteiger partial charge in [-0.15, -0.1) is 11.8 Å². The van der Waals surface area contributed by atoms with E-state index in [2.05, 4.69) is 54.1 Å². The van der Waals surface area contributed by atoms with Crippen LogP contribution in [0.15, 0.2) is 77.7 Å². The molecule has 4 aromatic rings. The van der Waals surface area contributed by atoms with Crippen LogP contribution in [0.5, 0.6) is 0 Å². The van der Waals surface area contributed by atoms with Crippen LogP contribution in [0.1, 0.15) is 60.9 Å². The van der Waals surface area contributed by atoms with Crippen molar-refractivity contribution in [3.05, 3.63) is 94.8 Å². The van der Waals surface area contributed by atoms with Crippen molar-refractivity contribution in [1.29, 1.82) is 0 Å². The maximum atomic E-state index is 13.2. The van der Waals surface area contributed by atoms with Crippen molar-refractivity contribution in [1.82, 2.24) is 14.9 Å². The van der Waals surface area contributed by atoms with Gasteiger partial charge >= 0.3 is 0 Å². The molecule has 1 heterocycles. The number of nitrogens with one attached hydrogen (secondary N) is 1. The lowest BCUT2D eigenvalue weighted by Crippen LogP contribution is -2.32. The van der Waals surface area contributed by atoms with Crippen molar-refractivity contribution < 1.29 is 4.79 Å². The van der Waals surface area contributed by atoms with Crippen molar-refractivity contribution in [2.45, 2.75) is 57.0 Å². The summed E-state index contributed by atoms with van der Waals surface area (Å²) in [5, 5.41) is 3.89. The Morgan fingerprint density at radius 3 is 2.51 bits per heavy atom. The van der Waals surface area contributed by atoms with Crippen LogP contribution in [0.4, 0.5) is 0 Å². The molecule has 0 fully saturated rings. The number of fused-ring (bicyclic) bond motifs is 1. The third-order valence-corrected chi connectivity index (χ3v) is 7.42. The van der Waals surface area contributed by atoms with Crippen LogP contribution in [-0.4, -0.2) is 21.2 Å². The van der Waals surface area contributed by atoms with E-state index in [4.69, 9.17) is 16.6 Å². The number of hydrogen-bond donors (Lipinski definition) is 1. The third kappa shape index (κ3) is 6.47. The van der Waals surface area contributed by atoms with E-state index in [-0.39, 0.29) is 11.9 Å². The Morgan fingerprint density at radius 2 is 1.80 bits per heavy atom. The number of aryl methyl sites for hydroxylation is 1. The molecule has 35 heavy (non-hydrogen) atoms. The van der Waals surface area contributed by atoms with Crippen LogP contribution in [0.25, 0.3) is 11.0 Å². The van der Waals surface area contributed by atoms with Gasteiger partial charge in [-0.05, 0) is 73.0 Å². The quantitative estimate of drug-likeness (QED) is 0.212. The highest BCUT2D eigenvalue weighted by atomic mass is 35.5. The van der Waals surface area contributed by atoms with Crippen LogP contribution in [0.3, 0.4) is 0 Å². The molecule has 1 aromatic heterocycles. The molecule has 0 aliphatic carbocycles. The molecule has 0 saturated heterocycles. The number of carbonyl (C=O) groups excluding carboxylic acids is 1. The molecule has 4 nitrogen and oxygen atoms in total. The van der Waals surface area contributed by atoms with E-state index in [1.165, 1.54) is 4.90 Å². The molecular formula is C29H32ClN3OS. The van der Waals surface area contributed by atoms with Crippen LogP contribution in [0.2, 0.25) is 5.02 Å². The summed E-state index contributed by atoms with van der Waals surface area (Å²) in [5.41, 5.74) is 3.84. The van der Waals surface area contributed by atoms with Crippen LogP contribution < -0.4 is 5.32 Å². The van der Waals surface area contributed by atoms with Gasteiger partial charge in [0.05, 0.1) is 17.1 Å². The minimum atomic E-state index is -0.267. The Morgan fingerprint density at radius 1 is 1.03 bits per heavy atom. The first-order chi connectivity index (χ1) is 17.1. The third-order valence-electron chi connectivity index (χ3n) is 5.96. The van der Waals surface area contributed by atoms with E-state index in [0.717, 1.165) is 54.0 Å². The molecule has 0 radical (unpaired) electrons. The van der Waals surface area contributed by atoms with Gasteiger partial charge in [0.1, 0.15) is 5.82 Å². The van der Waals surface area contributed by atoms with Gasteiger partial charge in [-0.2, -0.15) is 0 Å². The molecular weight excluding hydrogens is 474 g/mol. The minimum Gasteiger partial charge on any atom is -0.342 e. The lowest BCUT2D eigenvalue weighted by Gasteiger charge is -2.21. The summed E-state index contributed by atoms with van der Waals surface area (Å²) in [6.45, 7) is 5.26. The standard InChI is InChI=1S/C29H32ClN3OS/c1-3-5-17-33-27-16-15-24(35-18-4-2)20-25(27)31-28(33)26(19-21-9-7-6-8-10-21)32-29(34)22-11-13-23(30)14-12-22/h6-16,20,26H,3-5,17-19H2,1-2H3,(H,32,34). The molecule has 0 aliphatic rings. The zero-order chi connectivity index (χ0) is 24.6. The molecule has 182 valence electrons. The highest BCUT2D eigenvalue weighted by Crippen LogP contribution is 2.29. The van der Waals surface area contributed by atoms with Crippen LogP contribution in [-0.2, 0) is 13.0 Å². The van der Waals surface area contributed by atoms with E-state index in [1.807, 2.05) is 30.0 Å². The molecule has 1 N–H and O–H groups in total. The van der Waals surface area contributed by atoms with Gasteiger partial charge in [0.2, 0.25) is 0 Å². The van der Waals surface area contributed by atoms with Crippen molar-refractivity contribution in [2.75, 3.05) is 5.75 Å². The van der Waals surface area contributed by atoms with Gasteiger partial charge < -0.3 is 9.88 Å². The maximum absolute atomic E-state index is 13.2. The molecule has 1 atom stereocenters. The topological polar surface area (TPSA) is 46.9 Å². The molecule has 1 amide bonds. The number of imidazole rings is 1. The van der Waals surface area contributed by atoms with E-state index >= 15 is 0 Å². The first kappa shape index (κ1) is 25.3. The number of carbonyl (C=O) groups is 1. The summed E-state index contributed by atoms with van der Waals surface area (Å²) in [4.78, 5) is 19.6. The predicted molar refractivity (Wildman–Crippen MR) is 147 cm³/mol. The first-order valence-corrected chi connectivity index (χ1v) is 13.7. The Kier molecular flexibility index (Phi) is 8.89. The summed E-state index contributed by atoms with van der Waals surface area (Å²) in [7, 11) is 0. The zero-order valence-corrected chi connectivity index (χ0v) is 21.9. The molecule has 0 aliphatic heterocycles. The van der Waals surface area contributed by atoms with Crippen molar-refractivity contribution in [3.63, 3.8) is 0 Å². The fourth-order valence-electron chi connectivity index (χ4n) is 4.15. The number of thioether (sulfide) groups is 1. The number of hydrogen-bond acceptors (Lipinski definition) is 3. The molecule has 3 aromatic carbocycles. The van der Waals surface area contributed by atoms with Crippen LogP contribution in [0, 0.1) is 0 Å². The number of rotatable bonds is 11. The number of halogens is 1. The Hall–Kier alpha value is -2.76. The molecule has 6 heteroatoms. The summed E-state index contributed by atoms with van der Waals surface area (Å²) >= 11 is 7.90. The molecule has 1 unspecified atom stereocenters. The molecule has 4 rings (SSSR count). The number of nitrogens with zero attached hydrogens (tertiary/aromatic N) is 2. The Labute approximate surface area is 217 Å². The molecule has 0 saturated carbocycles. The molecule has 0 spiro atoms. The second kappa shape index (κ2) is 12.3. The van der Waals surface area contributed by atoms with E-state index in [1.54, 1.807) is 24.3 Å². The minimum absolute atomic E-state index is 0.129. The van der Waals surface area contributed by atoms with E-state index in [9.17, 15) is 4.79 Å². The summed E-state index contributed by atoms with van der Waals surface area (Å²) in [5.74, 6) is 1.86. The maximum Gasteiger partial charge on any atom is 0.251 e. The second-order valence-electron chi connectivity index (χ2n) is 8.70. The van der Waals surface area contributed by atoms with Gasteiger partial charge in [0.15, 0.2) is 0 Å². The fourth-order valence-corrected chi connectivity index (χ4v) is 5.08. The fraction of sp³-hybridized carbons (Fsp3) is 0.310. The number of aromatic nitrogens is 2. The highest BCUT2D eigenvalue weighted by molar-refractivity contribution is 7.99. The second-order valence-corrected chi connectivity index (χ2v) is 10.3. The van der Waals surface area contributed by atoms with Crippen molar-refractivity contribution >= 4 is 40.3 Å². The summed E-state index contributed by atoms with van der Waals surface area (Å²) in [6, 6.07) is 23.6. The normalized spacial score (nSPS) is 12.1. The van der Waals surface area contributed by atoms with Gasteiger partial charge in [-0.1, -0.05) is 62.2 Å². The first-order valence-electron chi connectivity index (χ1n) is 12.3. The average Bonchev–Trinajstić information content (AvgIpc) is 3.24. The predicted octanol–water partition coefficient (Wildman–Crippen LogP) is 7.71. The zero-order valence-electron chi connectivity index (χ0n) is 20.3. The summed E-state index contributed by atoms with van der Waals surface area (Å²) < 4.78 is 2.29. The smallest absolute Gasteiger partial charge is 0.251 e. The largest absolute Gasteiger partial charge is 0.342 e. The van der Waals surface area contributed by atoms with Gasteiger partial charge in [-0.25, -0.2) is 4.98 Å². The van der Waals surface area contributed by atoms with Crippen LogP contribution >= 0.6 is 23.4 Å². The number of benzene rings is 3. The monoisotopic (exact) mass is 505 g/mol. The van der Waals surface area contributed by atoms with E-state index in [0.29, 0.717) is 17.0 Å². The number of amides is 1. The lowest BCUT2D eigenvalue weighted by atomic mass is 10.0. The van der Waals surface area contributed by atoms with E-state index < -0.39 is 0 Å². The Balaban J connectivity index is 1.74. The Bertz CT molecular complexity index is 1250. The SMILES string of the molecule is CCCCn1c(C(Cc2ccccc2)NC(=O)c2ccc(Cl)cc2)nc2cc(SCCC)ccc21. The lowest BCUT2D eigenvalue weighted by molar-refractivity contribution is 0.0934. The van der Waals surface area contributed by atoms with Gasteiger partial charge in [0.25, 0.3) is 5.91 Å². The van der Waals surface area contributed by atoms with Crippen molar-refractivity contribution in [3.8, 4) is 0 Å².